The van der Waals surface area contributed by atoms with Crippen molar-refractivity contribution < 1.29 is 18.4 Å². The molecular weight excluding hydrogens is 412 g/mol. The number of nitrogens with one attached hydrogen (secondary N) is 2. The van der Waals surface area contributed by atoms with Gasteiger partial charge >= 0.3 is 0 Å². The third-order valence-electron chi connectivity index (χ3n) is 5.01. The lowest BCUT2D eigenvalue weighted by atomic mass is 10.0. The summed E-state index contributed by atoms with van der Waals surface area (Å²) in [6.45, 7) is 0. The second kappa shape index (κ2) is 8.20. The van der Waals surface area contributed by atoms with Gasteiger partial charge in [0.15, 0.2) is 0 Å². The number of nitrogens with zero attached hydrogens (tertiary/aromatic N) is 1. The van der Waals surface area contributed by atoms with Crippen molar-refractivity contribution in [2.75, 3.05) is 5.32 Å². The normalized spacial score (nSPS) is 14.8. The zero-order chi connectivity index (χ0) is 21.3. The Bertz CT molecular complexity index is 1140. The Kier molecular flexibility index (Phi) is 5.46. The summed E-state index contributed by atoms with van der Waals surface area (Å²) in [6, 6.07) is 9.05. The van der Waals surface area contributed by atoms with E-state index in [4.69, 9.17) is 11.6 Å². The molecule has 1 aliphatic carbocycles. The monoisotopic (exact) mass is 427 g/mol. The summed E-state index contributed by atoms with van der Waals surface area (Å²) in [5, 5.41) is 5.36. The van der Waals surface area contributed by atoms with Gasteiger partial charge < -0.3 is 10.6 Å². The van der Waals surface area contributed by atoms with E-state index in [1.54, 1.807) is 12.1 Å². The second-order valence-electron chi connectivity index (χ2n) is 6.87. The smallest absolute Gasteiger partial charge is 0.255 e. The van der Waals surface area contributed by atoms with Crippen LogP contribution in [0.1, 0.15) is 44.3 Å². The van der Waals surface area contributed by atoms with Crippen LogP contribution in [0.4, 0.5) is 14.5 Å². The summed E-state index contributed by atoms with van der Waals surface area (Å²) in [5.74, 6) is -1.88. The molecule has 0 spiro atoms. The molecule has 30 heavy (non-hydrogen) atoms. The first kappa shape index (κ1) is 20.0. The van der Waals surface area contributed by atoms with Crippen molar-refractivity contribution in [1.82, 2.24) is 10.3 Å². The maximum Gasteiger partial charge on any atom is 0.255 e. The highest BCUT2D eigenvalue weighted by Crippen LogP contribution is 2.36. The number of aromatic nitrogens is 1. The molecule has 3 aromatic rings. The lowest BCUT2D eigenvalue weighted by molar-refractivity contribution is 0.0935. The molecule has 8 heteroatoms. The van der Waals surface area contributed by atoms with E-state index in [0.29, 0.717) is 40.8 Å². The highest BCUT2D eigenvalue weighted by molar-refractivity contribution is 6.31. The number of hydrogen-bond acceptors (Lipinski definition) is 3. The van der Waals surface area contributed by atoms with Gasteiger partial charge in [-0.2, -0.15) is 0 Å². The van der Waals surface area contributed by atoms with Gasteiger partial charge in [0.1, 0.15) is 11.6 Å². The van der Waals surface area contributed by atoms with Crippen LogP contribution in [0.25, 0.3) is 0 Å². The minimum Gasteiger partial charge on any atom is -0.345 e. The van der Waals surface area contributed by atoms with E-state index < -0.39 is 23.6 Å². The third-order valence-corrected chi connectivity index (χ3v) is 5.29. The highest BCUT2D eigenvalue weighted by Gasteiger charge is 2.31. The maximum absolute atomic E-state index is 14.6. The number of carbonyl (C=O) groups is 2. The lowest BCUT2D eigenvalue weighted by Gasteiger charge is -2.16. The van der Waals surface area contributed by atoms with Crippen LogP contribution in [0.3, 0.4) is 0 Å². The molecule has 152 valence electrons. The van der Waals surface area contributed by atoms with Crippen molar-refractivity contribution in [3.8, 4) is 0 Å². The predicted octanol–water partition coefficient (Wildman–Crippen LogP) is 4.68. The number of anilines is 1. The second-order valence-corrected chi connectivity index (χ2v) is 7.28. The quantitative estimate of drug-likeness (QED) is 0.635. The highest BCUT2D eigenvalue weighted by atomic mass is 35.5. The molecular formula is C22H16ClF2N3O2. The van der Waals surface area contributed by atoms with Gasteiger partial charge in [-0.25, -0.2) is 8.78 Å². The van der Waals surface area contributed by atoms with Crippen molar-refractivity contribution >= 4 is 29.1 Å². The standard InChI is InChI=1S/C22H16ClF2N3O2/c23-16-11-13(1-4-17(16)24)27-22(30)15-2-5-18(25)20-14(15)3-6-19(20)28-21(29)12-7-9-26-10-8-12/h1-2,4-5,7-11,19H,3,6H2,(H,27,30)(H,28,29). The molecule has 1 heterocycles. The molecule has 0 saturated heterocycles. The fourth-order valence-corrected chi connectivity index (χ4v) is 3.77. The number of benzene rings is 2. The van der Waals surface area contributed by atoms with Gasteiger partial charge in [-0.1, -0.05) is 11.6 Å². The Labute approximate surface area is 176 Å². The molecule has 0 saturated carbocycles. The molecule has 0 bridgehead atoms. The predicted molar refractivity (Wildman–Crippen MR) is 109 cm³/mol. The van der Waals surface area contributed by atoms with Crippen LogP contribution in [0.15, 0.2) is 54.9 Å². The SMILES string of the molecule is O=C(NC1CCc2c(C(=O)Nc3ccc(F)c(Cl)c3)ccc(F)c21)c1ccncc1. The van der Waals surface area contributed by atoms with Gasteiger partial charge in [-0.15, -0.1) is 0 Å². The number of amides is 2. The largest absolute Gasteiger partial charge is 0.345 e. The number of pyridine rings is 1. The average molecular weight is 428 g/mol. The summed E-state index contributed by atoms with van der Waals surface area (Å²) in [6.07, 6.45) is 3.90. The molecule has 0 aliphatic heterocycles. The molecule has 1 atom stereocenters. The number of hydrogen-bond donors (Lipinski definition) is 2. The number of rotatable bonds is 4. The van der Waals surface area contributed by atoms with Crippen molar-refractivity contribution in [1.29, 1.82) is 0 Å². The Morgan fingerprint density at radius 2 is 1.73 bits per heavy atom. The zero-order valence-corrected chi connectivity index (χ0v) is 16.3. The fraction of sp³-hybridized carbons (Fsp3) is 0.136. The van der Waals surface area contributed by atoms with Gasteiger partial charge in [0.2, 0.25) is 0 Å². The first-order valence-electron chi connectivity index (χ1n) is 9.22. The third kappa shape index (κ3) is 3.89. The summed E-state index contributed by atoms with van der Waals surface area (Å²) in [7, 11) is 0. The summed E-state index contributed by atoms with van der Waals surface area (Å²) >= 11 is 5.76. The molecule has 0 fully saturated rings. The van der Waals surface area contributed by atoms with E-state index in [1.807, 2.05) is 0 Å². The first-order valence-corrected chi connectivity index (χ1v) is 9.60. The van der Waals surface area contributed by atoms with E-state index in [-0.39, 0.29) is 10.9 Å². The van der Waals surface area contributed by atoms with Crippen LogP contribution < -0.4 is 10.6 Å². The van der Waals surface area contributed by atoms with Gasteiger partial charge in [0.25, 0.3) is 11.8 Å². The molecule has 1 aromatic heterocycles. The Morgan fingerprint density at radius 3 is 2.47 bits per heavy atom. The Hall–Kier alpha value is -3.32. The molecule has 4 rings (SSSR count). The van der Waals surface area contributed by atoms with Crippen LogP contribution in [-0.2, 0) is 6.42 Å². The van der Waals surface area contributed by atoms with Crippen LogP contribution in [0.2, 0.25) is 5.02 Å². The van der Waals surface area contributed by atoms with Gasteiger partial charge in [0, 0.05) is 34.8 Å². The molecule has 1 unspecified atom stereocenters. The summed E-state index contributed by atoms with van der Waals surface area (Å²) in [5.41, 5.74) is 1.89. The van der Waals surface area contributed by atoms with E-state index in [9.17, 15) is 18.4 Å². The molecule has 0 radical (unpaired) electrons. The van der Waals surface area contributed by atoms with Crippen molar-refractivity contribution in [3.05, 3.63) is 93.8 Å². The minimum atomic E-state index is -0.592. The minimum absolute atomic E-state index is 0.115. The average Bonchev–Trinajstić information content (AvgIpc) is 3.16. The Morgan fingerprint density at radius 1 is 1.00 bits per heavy atom. The van der Waals surface area contributed by atoms with Crippen LogP contribution >= 0.6 is 11.6 Å². The maximum atomic E-state index is 14.6. The van der Waals surface area contributed by atoms with Gasteiger partial charge in [0.05, 0.1) is 11.1 Å². The fourth-order valence-electron chi connectivity index (χ4n) is 3.59. The topological polar surface area (TPSA) is 71.1 Å². The number of halogens is 3. The van der Waals surface area contributed by atoms with Gasteiger partial charge in [-0.05, 0) is 60.9 Å². The van der Waals surface area contributed by atoms with E-state index >= 15 is 0 Å². The lowest BCUT2D eigenvalue weighted by Crippen LogP contribution is -2.27. The van der Waals surface area contributed by atoms with Crippen molar-refractivity contribution in [2.45, 2.75) is 18.9 Å². The van der Waals surface area contributed by atoms with Crippen molar-refractivity contribution in [2.24, 2.45) is 0 Å². The van der Waals surface area contributed by atoms with E-state index in [0.717, 1.165) is 6.07 Å². The van der Waals surface area contributed by atoms with E-state index in [1.165, 1.54) is 36.7 Å². The zero-order valence-electron chi connectivity index (χ0n) is 15.6. The number of carbonyl (C=O) groups excluding carboxylic acids is 2. The molecule has 2 N–H and O–H groups in total. The first-order chi connectivity index (χ1) is 14.4. The molecule has 5 nitrogen and oxygen atoms in total. The number of fused-ring (bicyclic) bond motifs is 1. The van der Waals surface area contributed by atoms with Gasteiger partial charge in [-0.3, -0.25) is 14.6 Å². The van der Waals surface area contributed by atoms with E-state index in [2.05, 4.69) is 15.6 Å². The molecule has 2 amide bonds. The van der Waals surface area contributed by atoms with Crippen LogP contribution in [-0.4, -0.2) is 16.8 Å². The molecule has 1 aliphatic rings. The van der Waals surface area contributed by atoms with Crippen molar-refractivity contribution in [3.63, 3.8) is 0 Å². The van der Waals surface area contributed by atoms with Crippen LogP contribution in [0, 0.1) is 11.6 Å². The van der Waals surface area contributed by atoms with Crippen LogP contribution in [0.5, 0.6) is 0 Å². The summed E-state index contributed by atoms with van der Waals surface area (Å²) in [4.78, 5) is 29.1. The molecule has 2 aromatic carbocycles. The Balaban J connectivity index is 1.58. The summed E-state index contributed by atoms with van der Waals surface area (Å²) < 4.78 is 27.9.